The van der Waals surface area contributed by atoms with Crippen LogP contribution >= 0.6 is 11.6 Å². The molecule has 1 aromatic heterocycles. The van der Waals surface area contributed by atoms with Crippen molar-refractivity contribution >= 4 is 35.3 Å². The van der Waals surface area contributed by atoms with Crippen LogP contribution in [0, 0.1) is 0 Å². The zero-order chi connectivity index (χ0) is 22.5. The number of aliphatic carboxylic acids is 1. The summed E-state index contributed by atoms with van der Waals surface area (Å²) < 4.78 is 0. The van der Waals surface area contributed by atoms with Crippen molar-refractivity contribution in [2.45, 2.75) is 31.8 Å². The summed E-state index contributed by atoms with van der Waals surface area (Å²) in [5, 5.41) is 10.1. The van der Waals surface area contributed by atoms with Gasteiger partial charge in [-0.2, -0.15) is 0 Å². The number of likely N-dealkylation sites (tertiary alicyclic amines) is 1. The van der Waals surface area contributed by atoms with Gasteiger partial charge in [0.2, 0.25) is 0 Å². The Kier molecular flexibility index (Phi) is 6.83. The highest BCUT2D eigenvalue weighted by Gasteiger charge is 2.28. The number of nitrogen functional groups attached to an aromatic ring is 1. The molecule has 1 saturated heterocycles. The molecule has 0 amide bonds. The SMILES string of the molecule is Nc1ncc(CN2CCCCC2C(=O)O)cc1C=Nc1cccc(-c2ccccc2)c1Cl. The molecule has 3 aromatic rings. The third-order valence-corrected chi connectivity index (χ3v) is 6.09. The number of carboxylic acids is 1. The van der Waals surface area contributed by atoms with Crippen LogP contribution < -0.4 is 5.73 Å². The maximum atomic E-state index is 11.6. The predicted molar refractivity (Wildman–Crippen MR) is 128 cm³/mol. The summed E-state index contributed by atoms with van der Waals surface area (Å²) in [5.41, 5.74) is 10.2. The summed E-state index contributed by atoms with van der Waals surface area (Å²) in [4.78, 5) is 22.4. The largest absolute Gasteiger partial charge is 0.480 e. The van der Waals surface area contributed by atoms with Crippen LogP contribution in [0.1, 0.15) is 30.4 Å². The monoisotopic (exact) mass is 448 g/mol. The van der Waals surface area contributed by atoms with Crippen LogP contribution in [-0.2, 0) is 11.3 Å². The third-order valence-electron chi connectivity index (χ3n) is 5.70. The van der Waals surface area contributed by atoms with Crippen LogP contribution in [0.4, 0.5) is 11.5 Å². The minimum absolute atomic E-state index is 0.362. The topological polar surface area (TPSA) is 91.8 Å². The second-order valence-corrected chi connectivity index (χ2v) is 8.28. The molecular formula is C25H25ClN4O2. The Labute approximate surface area is 192 Å². The van der Waals surface area contributed by atoms with Crippen LogP contribution in [0.3, 0.4) is 0 Å². The number of aromatic nitrogens is 1. The van der Waals surface area contributed by atoms with Crippen molar-refractivity contribution in [3.8, 4) is 11.1 Å². The Bertz CT molecular complexity index is 1130. The molecule has 1 fully saturated rings. The summed E-state index contributed by atoms with van der Waals surface area (Å²) in [6.07, 6.45) is 5.96. The number of anilines is 1. The Morgan fingerprint density at radius 1 is 1.22 bits per heavy atom. The Hall–Kier alpha value is -3.22. The highest BCUT2D eigenvalue weighted by molar-refractivity contribution is 6.35. The molecule has 0 spiro atoms. The molecule has 0 saturated carbocycles. The number of hydrogen-bond acceptors (Lipinski definition) is 5. The van der Waals surface area contributed by atoms with Crippen molar-refractivity contribution < 1.29 is 9.90 Å². The molecule has 1 atom stereocenters. The molecule has 1 unspecified atom stereocenters. The number of aliphatic imine (C=N–C) groups is 1. The molecular weight excluding hydrogens is 424 g/mol. The van der Waals surface area contributed by atoms with Gasteiger partial charge >= 0.3 is 5.97 Å². The number of benzene rings is 2. The normalized spacial score (nSPS) is 17.0. The quantitative estimate of drug-likeness (QED) is 0.507. The molecule has 164 valence electrons. The molecule has 4 rings (SSSR count). The molecule has 3 N–H and O–H groups in total. The summed E-state index contributed by atoms with van der Waals surface area (Å²) in [7, 11) is 0. The fourth-order valence-corrected chi connectivity index (χ4v) is 4.31. The maximum Gasteiger partial charge on any atom is 0.320 e. The number of rotatable bonds is 6. The lowest BCUT2D eigenvalue weighted by Crippen LogP contribution is -2.44. The maximum absolute atomic E-state index is 11.6. The first-order chi connectivity index (χ1) is 15.5. The molecule has 0 bridgehead atoms. The molecule has 6 nitrogen and oxygen atoms in total. The van der Waals surface area contributed by atoms with E-state index in [1.54, 1.807) is 12.4 Å². The van der Waals surface area contributed by atoms with Gasteiger partial charge in [0.25, 0.3) is 0 Å². The lowest BCUT2D eigenvalue weighted by atomic mass is 10.0. The first-order valence-corrected chi connectivity index (χ1v) is 11.0. The first kappa shape index (κ1) is 22.0. The zero-order valence-corrected chi connectivity index (χ0v) is 18.4. The second kappa shape index (κ2) is 9.94. The average Bonchev–Trinajstić information content (AvgIpc) is 2.81. The van der Waals surface area contributed by atoms with E-state index in [0.717, 1.165) is 36.1 Å². The van der Waals surface area contributed by atoms with Crippen molar-refractivity contribution in [3.63, 3.8) is 0 Å². The van der Waals surface area contributed by atoms with Crippen LogP contribution in [-0.4, -0.2) is 39.8 Å². The van der Waals surface area contributed by atoms with E-state index in [1.807, 2.05) is 59.5 Å². The number of carboxylic acid groups (broad SMARTS) is 1. The van der Waals surface area contributed by atoms with E-state index in [-0.39, 0.29) is 0 Å². The van der Waals surface area contributed by atoms with E-state index < -0.39 is 12.0 Å². The van der Waals surface area contributed by atoms with Crippen LogP contribution in [0.25, 0.3) is 11.1 Å². The van der Waals surface area contributed by atoms with Crippen LogP contribution in [0.2, 0.25) is 5.02 Å². The van der Waals surface area contributed by atoms with E-state index in [4.69, 9.17) is 17.3 Å². The van der Waals surface area contributed by atoms with Gasteiger partial charge in [-0.1, -0.05) is 60.5 Å². The van der Waals surface area contributed by atoms with E-state index >= 15 is 0 Å². The van der Waals surface area contributed by atoms with Gasteiger partial charge in [-0.3, -0.25) is 14.7 Å². The number of nitrogens with two attached hydrogens (primary N) is 1. The molecule has 0 radical (unpaired) electrons. The minimum atomic E-state index is -0.775. The summed E-state index contributed by atoms with van der Waals surface area (Å²) in [6, 6.07) is 17.1. The van der Waals surface area contributed by atoms with Crippen molar-refractivity contribution in [2.75, 3.05) is 12.3 Å². The van der Waals surface area contributed by atoms with Gasteiger partial charge < -0.3 is 10.8 Å². The van der Waals surface area contributed by atoms with Gasteiger partial charge in [-0.25, -0.2) is 4.98 Å². The summed E-state index contributed by atoms with van der Waals surface area (Å²) in [5.74, 6) is -0.413. The Morgan fingerprint density at radius 2 is 2.03 bits per heavy atom. The average molecular weight is 449 g/mol. The highest BCUT2D eigenvalue weighted by Crippen LogP contribution is 2.35. The number of pyridine rings is 1. The zero-order valence-electron chi connectivity index (χ0n) is 17.6. The van der Waals surface area contributed by atoms with Gasteiger partial charge in [-0.15, -0.1) is 0 Å². The standard InChI is InChI=1S/C25H25ClN4O2/c26-23-20(18-7-2-1-3-8-18)9-6-10-21(23)28-15-19-13-17(14-29-24(19)27)16-30-12-5-4-11-22(30)25(31)32/h1-3,6-10,13-15,22H,4-5,11-12,16H2,(H2,27,29)(H,31,32). The molecule has 7 heteroatoms. The molecule has 0 aliphatic carbocycles. The molecule has 32 heavy (non-hydrogen) atoms. The van der Waals surface area contributed by atoms with Crippen LogP contribution in [0.5, 0.6) is 0 Å². The lowest BCUT2D eigenvalue weighted by Gasteiger charge is -2.32. The number of carbonyl (C=O) groups is 1. The van der Waals surface area contributed by atoms with Gasteiger partial charge in [0.15, 0.2) is 0 Å². The van der Waals surface area contributed by atoms with Gasteiger partial charge in [0, 0.05) is 30.1 Å². The predicted octanol–water partition coefficient (Wildman–Crippen LogP) is 5.17. The van der Waals surface area contributed by atoms with E-state index in [9.17, 15) is 9.90 Å². The van der Waals surface area contributed by atoms with Crippen molar-refractivity contribution in [2.24, 2.45) is 4.99 Å². The Balaban J connectivity index is 1.57. The number of piperidine rings is 1. The first-order valence-electron chi connectivity index (χ1n) is 10.6. The van der Waals surface area contributed by atoms with Crippen molar-refractivity contribution in [3.05, 3.63) is 76.9 Å². The molecule has 1 aliphatic heterocycles. The van der Waals surface area contributed by atoms with E-state index in [2.05, 4.69) is 9.98 Å². The van der Waals surface area contributed by atoms with Gasteiger partial charge in [-0.05, 0) is 42.6 Å². The fraction of sp³-hybridized carbons (Fsp3) is 0.240. The second-order valence-electron chi connectivity index (χ2n) is 7.90. The van der Waals surface area contributed by atoms with Crippen molar-refractivity contribution in [1.29, 1.82) is 0 Å². The number of hydrogen-bond donors (Lipinski definition) is 2. The number of nitrogens with zero attached hydrogens (tertiary/aromatic N) is 3. The minimum Gasteiger partial charge on any atom is -0.480 e. The summed E-state index contributed by atoms with van der Waals surface area (Å²) >= 11 is 6.63. The van der Waals surface area contributed by atoms with Gasteiger partial charge in [0.05, 0.1) is 10.7 Å². The highest BCUT2D eigenvalue weighted by atomic mass is 35.5. The van der Waals surface area contributed by atoms with Crippen LogP contribution in [0.15, 0.2) is 65.8 Å². The number of halogens is 1. The fourth-order valence-electron chi connectivity index (χ4n) is 4.02. The van der Waals surface area contributed by atoms with E-state index in [0.29, 0.717) is 35.1 Å². The molecule has 1 aliphatic rings. The lowest BCUT2D eigenvalue weighted by molar-refractivity contribution is -0.144. The summed E-state index contributed by atoms with van der Waals surface area (Å²) in [6.45, 7) is 1.27. The van der Waals surface area contributed by atoms with E-state index in [1.165, 1.54) is 0 Å². The smallest absolute Gasteiger partial charge is 0.320 e. The van der Waals surface area contributed by atoms with Crippen molar-refractivity contribution in [1.82, 2.24) is 9.88 Å². The van der Waals surface area contributed by atoms with Gasteiger partial charge in [0.1, 0.15) is 11.9 Å². The molecule has 2 aromatic carbocycles. The third kappa shape index (κ3) is 4.98. The molecule has 2 heterocycles. The Morgan fingerprint density at radius 3 is 2.81 bits per heavy atom.